The molecule has 1 N–H and O–H groups in total. The zero-order valence-electron chi connectivity index (χ0n) is 11.4. The van der Waals surface area contributed by atoms with Crippen LogP contribution in [0.25, 0.3) is 0 Å². The molecular weight excluding hydrogens is 250 g/mol. The average Bonchev–Trinajstić information content (AvgIpc) is 2.35. The summed E-state index contributed by atoms with van der Waals surface area (Å²) in [5.41, 5.74) is -0.213. The summed E-state index contributed by atoms with van der Waals surface area (Å²) in [5.74, 6) is 0.196. The van der Waals surface area contributed by atoms with Gasteiger partial charge in [-0.25, -0.2) is 4.98 Å². The number of nitro groups is 1. The molecule has 0 radical (unpaired) electrons. The summed E-state index contributed by atoms with van der Waals surface area (Å²) >= 11 is 0. The molecule has 0 bridgehead atoms. The van der Waals surface area contributed by atoms with Gasteiger partial charge in [-0.3, -0.25) is 10.1 Å². The maximum absolute atomic E-state index is 11.1. The number of hydrogen-bond acceptors (Lipinski definition) is 7. The normalized spacial score (nSPS) is 10.5. The lowest BCUT2D eigenvalue weighted by molar-refractivity contribution is -0.385. The third-order valence-electron chi connectivity index (χ3n) is 2.29. The van der Waals surface area contributed by atoms with E-state index >= 15 is 0 Å². The maximum Gasteiger partial charge on any atom is 0.372 e. The number of nitrogens with one attached hydrogen (secondary N) is 1. The van der Waals surface area contributed by atoms with Gasteiger partial charge in [-0.2, -0.15) is 4.98 Å². The first kappa shape index (κ1) is 15.1. The van der Waals surface area contributed by atoms with Crippen molar-refractivity contribution in [2.75, 3.05) is 39.1 Å². The van der Waals surface area contributed by atoms with Gasteiger partial charge in [0.1, 0.15) is 12.9 Å². The van der Waals surface area contributed by atoms with Crippen LogP contribution in [0.1, 0.15) is 13.3 Å². The Morgan fingerprint density at radius 1 is 1.47 bits per heavy atom. The van der Waals surface area contributed by atoms with Gasteiger partial charge in [0.25, 0.3) is 5.88 Å². The first-order valence-electron chi connectivity index (χ1n) is 6.07. The Hall–Kier alpha value is -1.96. The molecule has 19 heavy (non-hydrogen) atoms. The molecule has 0 aliphatic heterocycles. The van der Waals surface area contributed by atoms with Crippen LogP contribution >= 0.6 is 0 Å². The minimum Gasteiger partial charge on any atom is -0.471 e. The van der Waals surface area contributed by atoms with E-state index in [-0.39, 0.29) is 17.4 Å². The SMILES string of the molecule is CCCNc1ncnc(OCCN(C)C)c1[N+](=O)[O-]. The molecule has 8 nitrogen and oxygen atoms in total. The fraction of sp³-hybridized carbons (Fsp3) is 0.636. The summed E-state index contributed by atoms with van der Waals surface area (Å²) < 4.78 is 5.36. The Morgan fingerprint density at radius 3 is 2.79 bits per heavy atom. The lowest BCUT2D eigenvalue weighted by Gasteiger charge is -2.11. The van der Waals surface area contributed by atoms with Gasteiger partial charge < -0.3 is 15.0 Å². The van der Waals surface area contributed by atoms with Crippen molar-refractivity contribution in [1.29, 1.82) is 0 Å². The lowest BCUT2D eigenvalue weighted by Crippen LogP contribution is -2.20. The van der Waals surface area contributed by atoms with Crippen molar-refractivity contribution in [3.05, 3.63) is 16.4 Å². The molecule has 0 unspecified atom stereocenters. The van der Waals surface area contributed by atoms with Crippen molar-refractivity contribution in [3.63, 3.8) is 0 Å². The summed E-state index contributed by atoms with van der Waals surface area (Å²) in [6, 6.07) is 0. The summed E-state index contributed by atoms with van der Waals surface area (Å²) in [6.45, 7) is 3.56. The Bertz CT molecular complexity index is 425. The molecule has 0 spiro atoms. The molecule has 1 aromatic rings. The van der Waals surface area contributed by atoms with Crippen LogP contribution in [0.15, 0.2) is 6.33 Å². The number of likely N-dealkylation sites (N-methyl/N-ethyl adjacent to an activating group) is 1. The van der Waals surface area contributed by atoms with E-state index in [1.165, 1.54) is 6.33 Å². The maximum atomic E-state index is 11.1. The van der Waals surface area contributed by atoms with Gasteiger partial charge in [-0.05, 0) is 20.5 Å². The summed E-state index contributed by atoms with van der Waals surface area (Å²) in [7, 11) is 3.79. The summed E-state index contributed by atoms with van der Waals surface area (Å²) in [6.07, 6.45) is 2.11. The van der Waals surface area contributed by atoms with Crippen LogP contribution in [0.2, 0.25) is 0 Å². The molecule has 0 amide bonds. The van der Waals surface area contributed by atoms with Crippen LogP contribution in [0, 0.1) is 10.1 Å². The highest BCUT2D eigenvalue weighted by Crippen LogP contribution is 2.30. The highest BCUT2D eigenvalue weighted by molar-refractivity contribution is 5.61. The molecule has 0 saturated carbocycles. The van der Waals surface area contributed by atoms with Crippen LogP contribution < -0.4 is 10.1 Å². The Morgan fingerprint density at radius 2 is 2.21 bits per heavy atom. The smallest absolute Gasteiger partial charge is 0.372 e. The molecule has 8 heteroatoms. The number of ether oxygens (including phenoxy) is 1. The molecule has 0 atom stereocenters. The standard InChI is InChI=1S/C11H19N5O3/c1-4-5-12-10-9(16(17)18)11(14-8-13-10)19-7-6-15(2)3/h8H,4-7H2,1-3H3,(H,12,13,14). The molecule has 0 fully saturated rings. The van der Waals surface area contributed by atoms with Crippen molar-refractivity contribution < 1.29 is 9.66 Å². The van der Waals surface area contributed by atoms with Crippen molar-refractivity contribution in [1.82, 2.24) is 14.9 Å². The number of aromatic nitrogens is 2. The van der Waals surface area contributed by atoms with E-state index in [2.05, 4.69) is 15.3 Å². The molecule has 106 valence electrons. The van der Waals surface area contributed by atoms with Crippen LogP contribution in [-0.4, -0.2) is 53.6 Å². The quantitative estimate of drug-likeness (QED) is 0.558. The van der Waals surface area contributed by atoms with Crippen LogP contribution in [0.3, 0.4) is 0 Å². The van der Waals surface area contributed by atoms with Crippen LogP contribution in [-0.2, 0) is 0 Å². The third kappa shape index (κ3) is 4.66. The van der Waals surface area contributed by atoms with Crippen LogP contribution in [0.5, 0.6) is 5.88 Å². The van der Waals surface area contributed by atoms with Crippen LogP contribution in [0.4, 0.5) is 11.5 Å². The van der Waals surface area contributed by atoms with Gasteiger partial charge in [0.15, 0.2) is 0 Å². The fourth-order valence-electron chi connectivity index (χ4n) is 1.33. The minimum absolute atomic E-state index is 0.000420. The van der Waals surface area contributed by atoms with E-state index < -0.39 is 4.92 Å². The number of nitrogens with zero attached hydrogens (tertiary/aromatic N) is 4. The third-order valence-corrected chi connectivity index (χ3v) is 2.29. The van der Waals surface area contributed by atoms with Gasteiger partial charge in [0.05, 0.1) is 4.92 Å². The zero-order chi connectivity index (χ0) is 14.3. The van der Waals surface area contributed by atoms with Crippen molar-refractivity contribution in [2.45, 2.75) is 13.3 Å². The predicted octanol–water partition coefficient (Wildman–Crippen LogP) is 1.15. The second kappa shape index (κ2) is 7.47. The van der Waals surface area contributed by atoms with Gasteiger partial charge in [0, 0.05) is 13.1 Å². The molecule has 0 saturated heterocycles. The highest BCUT2D eigenvalue weighted by Gasteiger charge is 2.24. The van der Waals surface area contributed by atoms with Crippen molar-refractivity contribution in [2.24, 2.45) is 0 Å². The second-order valence-electron chi connectivity index (χ2n) is 4.21. The first-order chi connectivity index (χ1) is 9.06. The molecular formula is C11H19N5O3. The van der Waals surface area contributed by atoms with Crippen molar-refractivity contribution >= 4 is 11.5 Å². The Balaban J connectivity index is 2.86. The lowest BCUT2D eigenvalue weighted by atomic mass is 10.4. The molecule has 0 aromatic carbocycles. The average molecular weight is 269 g/mol. The summed E-state index contributed by atoms with van der Waals surface area (Å²) in [4.78, 5) is 20.2. The van der Waals surface area contributed by atoms with E-state index in [4.69, 9.17) is 4.74 Å². The predicted molar refractivity (Wildman–Crippen MR) is 71.5 cm³/mol. The van der Waals surface area contributed by atoms with Gasteiger partial charge in [0.2, 0.25) is 5.82 Å². The van der Waals surface area contributed by atoms with E-state index in [9.17, 15) is 10.1 Å². The molecule has 0 aliphatic carbocycles. The number of anilines is 1. The van der Waals surface area contributed by atoms with E-state index in [0.29, 0.717) is 19.7 Å². The van der Waals surface area contributed by atoms with Crippen molar-refractivity contribution in [3.8, 4) is 5.88 Å². The zero-order valence-corrected chi connectivity index (χ0v) is 11.4. The Kier molecular flexibility index (Phi) is 5.94. The first-order valence-corrected chi connectivity index (χ1v) is 6.07. The summed E-state index contributed by atoms with van der Waals surface area (Å²) in [5, 5.41) is 14.0. The minimum atomic E-state index is -0.525. The number of rotatable bonds is 8. The molecule has 1 heterocycles. The fourth-order valence-corrected chi connectivity index (χ4v) is 1.33. The molecule has 1 rings (SSSR count). The van der Waals surface area contributed by atoms with E-state index in [1.807, 2.05) is 25.9 Å². The van der Waals surface area contributed by atoms with Gasteiger partial charge in [-0.15, -0.1) is 0 Å². The largest absolute Gasteiger partial charge is 0.471 e. The second-order valence-corrected chi connectivity index (χ2v) is 4.21. The van der Waals surface area contributed by atoms with E-state index in [0.717, 1.165) is 6.42 Å². The molecule has 1 aromatic heterocycles. The molecule has 0 aliphatic rings. The highest BCUT2D eigenvalue weighted by atomic mass is 16.6. The van der Waals surface area contributed by atoms with E-state index in [1.54, 1.807) is 0 Å². The van der Waals surface area contributed by atoms with Gasteiger partial charge in [-0.1, -0.05) is 6.92 Å². The topological polar surface area (TPSA) is 93.4 Å². The van der Waals surface area contributed by atoms with Gasteiger partial charge >= 0.3 is 5.69 Å². The number of hydrogen-bond donors (Lipinski definition) is 1. The monoisotopic (exact) mass is 269 g/mol. The Labute approximate surface area is 112 Å².